The molecule has 1 N–H and O–H groups in total. The minimum atomic E-state index is 0.253. The molecule has 1 atom stereocenters. The van der Waals surface area contributed by atoms with Crippen molar-refractivity contribution in [1.82, 2.24) is 10.3 Å². The molecule has 1 unspecified atom stereocenters. The molecule has 2 aromatic rings. The molecule has 2 rings (SSSR count). The van der Waals surface area contributed by atoms with Gasteiger partial charge in [0, 0.05) is 29.4 Å². The van der Waals surface area contributed by atoms with Crippen molar-refractivity contribution in [2.24, 2.45) is 0 Å². The molecule has 2 nitrogen and oxygen atoms in total. The smallest absolute Gasteiger partial charge is 0.0422 e. The number of hydrogen-bond acceptors (Lipinski definition) is 2. The van der Waals surface area contributed by atoms with Crippen molar-refractivity contribution < 1.29 is 0 Å². The Morgan fingerprint density at radius 2 is 2.11 bits per heavy atom. The van der Waals surface area contributed by atoms with Crippen LogP contribution >= 0.6 is 11.6 Å². The van der Waals surface area contributed by atoms with Crippen LogP contribution in [0.1, 0.15) is 24.2 Å². The molecule has 0 aliphatic rings. The zero-order valence-corrected chi connectivity index (χ0v) is 11.2. The Balaban J connectivity index is 2.18. The van der Waals surface area contributed by atoms with E-state index in [1.807, 2.05) is 36.5 Å². The van der Waals surface area contributed by atoms with Crippen molar-refractivity contribution in [3.8, 4) is 0 Å². The Morgan fingerprint density at radius 1 is 1.22 bits per heavy atom. The summed E-state index contributed by atoms with van der Waals surface area (Å²) >= 11 is 6.05. The van der Waals surface area contributed by atoms with Crippen molar-refractivity contribution in [2.45, 2.75) is 19.4 Å². The second kappa shape index (κ2) is 6.53. The highest BCUT2D eigenvalue weighted by Crippen LogP contribution is 2.20. The number of benzene rings is 1. The zero-order valence-electron chi connectivity index (χ0n) is 10.4. The highest BCUT2D eigenvalue weighted by molar-refractivity contribution is 6.30. The first-order valence-electron chi connectivity index (χ1n) is 6.18. The van der Waals surface area contributed by atoms with Crippen LogP contribution in [0.25, 0.3) is 0 Å². The van der Waals surface area contributed by atoms with E-state index < -0.39 is 0 Å². The zero-order chi connectivity index (χ0) is 12.8. The van der Waals surface area contributed by atoms with E-state index in [4.69, 9.17) is 11.6 Å². The van der Waals surface area contributed by atoms with Crippen molar-refractivity contribution >= 4 is 11.6 Å². The van der Waals surface area contributed by atoms with Crippen LogP contribution in [0.4, 0.5) is 0 Å². The topological polar surface area (TPSA) is 24.9 Å². The van der Waals surface area contributed by atoms with Gasteiger partial charge in [-0.2, -0.15) is 0 Å². The summed E-state index contributed by atoms with van der Waals surface area (Å²) in [5.41, 5.74) is 2.29. The Morgan fingerprint density at radius 3 is 2.78 bits per heavy atom. The summed E-state index contributed by atoms with van der Waals surface area (Å²) in [6.07, 6.45) is 2.70. The lowest BCUT2D eigenvalue weighted by Crippen LogP contribution is -2.23. The van der Waals surface area contributed by atoms with Gasteiger partial charge in [0.25, 0.3) is 0 Å². The number of likely N-dealkylation sites (N-methyl/N-ethyl adjacent to an activating group) is 1. The van der Waals surface area contributed by atoms with E-state index in [1.54, 1.807) is 0 Å². The summed E-state index contributed by atoms with van der Waals surface area (Å²) < 4.78 is 0. The van der Waals surface area contributed by atoms with Crippen LogP contribution < -0.4 is 5.32 Å². The van der Waals surface area contributed by atoms with Gasteiger partial charge in [0.05, 0.1) is 0 Å². The minimum absolute atomic E-state index is 0.253. The number of nitrogens with zero attached hydrogens (tertiary/aromatic N) is 1. The molecule has 0 saturated heterocycles. The van der Waals surface area contributed by atoms with E-state index in [9.17, 15) is 0 Å². The lowest BCUT2D eigenvalue weighted by molar-refractivity contribution is 0.544. The molecule has 18 heavy (non-hydrogen) atoms. The summed E-state index contributed by atoms with van der Waals surface area (Å²) in [5.74, 6) is 0. The van der Waals surface area contributed by atoms with Gasteiger partial charge in [0.1, 0.15) is 0 Å². The van der Waals surface area contributed by atoms with Gasteiger partial charge >= 0.3 is 0 Å². The fourth-order valence-electron chi connectivity index (χ4n) is 2.01. The summed E-state index contributed by atoms with van der Waals surface area (Å²) in [5, 5.41) is 4.25. The van der Waals surface area contributed by atoms with Crippen LogP contribution in [0.15, 0.2) is 48.7 Å². The normalized spacial score (nSPS) is 12.3. The maximum absolute atomic E-state index is 6.05. The maximum atomic E-state index is 6.05. The number of pyridine rings is 1. The largest absolute Gasteiger partial charge is 0.310 e. The van der Waals surface area contributed by atoms with Crippen molar-refractivity contribution in [2.75, 3.05) is 6.54 Å². The Kier molecular flexibility index (Phi) is 4.73. The number of aromatic nitrogens is 1. The fraction of sp³-hybridized carbons (Fsp3) is 0.267. The molecule has 0 bridgehead atoms. The molecule has 94 valence electrons. The first-order valence-corrected chi connectivity index (χ1v) is 6.56. The quantitative estimate of drug-likeness (QED) is 0.888. The number of halogens is 1. The van der Waals surface area contributed by atoms with E-state index in [0.717, 1.165) is 23.7 Å². The van der Waals surface area contributed by atoms with Gasteiger partial charge in [-0.05, 0) is 36.4 Å². The Bertz CT molecular complexity index is 485. The SMILES string of the molecule is CCNC(Cc1ccccn1)c1cccc(Cl)c1. The van der Waals surface area contributed by atoms with Crippen LogP contribution in [0, 0.1) is 0 Å². The predicted octanol–water partition coefficient (Wildman–Crippen LogP) is 3.63. The third-order valence-electron chi connectivity index (χ3n) is 2.84. The van der Waals surface area contributed by atoms with Crippen LogP contribution in [-0.2, 0) is 6.42 Å². The number of rotatable bonds is 5. The molecule has 0 fully saturated rings. The average Bonchev–Trinajstić information content (AvgIpc) is 2.39. The standard InChI is InChI=1S/C15H17ClN2/c1-2-17-15(11-14-8-3-4-9-18-14)12-6-5-7-13(16)10-12/h3-10,15,17H,2,11H2,1H3. The predicted molar refractivity (Wildman–Crippen MR) is 75.8 cm³/mol. The first kappa shape index (κ1) is 13.1. The lowest BCUT2D eigenvalue weighted by Gasteiger charge is -2.18. The highest BCUT2D eigenvalue weighted by atomic mass is 35.5. The van der Waals surface area contributed by atoms with Gasteiger partial charge in [0.2, 0.25) is 0 Å². The molecule has 1 aromatic heterocycles. The molecule has 0 aliphatic carbocycles. The molecule has 0 saturated carbocycles. The second-order valence-corrected chi connectivity index (χ2v) is 4.63. The molecular weight excluding hydrogens is 244 g/mol. The van der Waals surface area contributed by atoms with E-state index in [0.29, 0.717) is 0 Å². The molecule has 1 aromatic carbocycles. The third kappa shape index (κ3) is 3.56. The Hall–Kier alpha value is -1.38. The summed E-state index contributed by atoms with van der Waals surface area (Å²) in [7, 11) is 0. The van der Waals surface area contributed by atoms with E-state index in [-0.39, 0.29) is 6.04 Å². The van der Waals surface area contributed by atoms with Gasteiger partial charge in [-0.25, -0.2) is 0 Å². The fourth-order valence-corrected chi connectivity index (χ4v) is 2.20. The van der Waals surface area contributed by atoms with Gasteiger partial charge in [-0.1, -0.05) is 36.7 Å². The molecule has 1 heterocycles. The molecule has 0 amide bonds. The van der Waals surface area contributed by atoms with Crippen LogP contribution in [0.3, 0.4) is 0 Å². The number of nitrogens with one attached hydrogen (secondary N) is 1. The first-order chi connectivity index (χ1) is 8.79. The number of hydrogen-bond donors (Lipinski definition) is 1. The van der Waals surface area contributed by atoms with Crippen molar-refractivity contribution in [3.05, 3.63) is 64.9 Å². The lowest BCUT2D eigenvalue weighted by atomic mass is 10.0. The van der Waals surface area contributed by atoms with Crippen LogP contribution in [-0.4, -0.2) is 11.5 Å². The minimum Gasteiger partial charge on any atom is -0.310 e. The van der Waals surface area contributed by atoms with Gasteiger partial charge in [0.15, 0.2) is 0 Å². The van der Waals surface area contributed by atoms with E-state index >= 15 is 0 Å². The maximum Gasteiger partial charge on any atom is 0.0422 e. The van der Waals surface area contributed by atoms with Crippen LogP contribution in [0.5, 0.6) is 0 Å². The molecule has 0 aliphatic heterocycles. The van der Waals surface area contributed by atoms with Gasteiger partial charge < -0.3 is 5.32 Å². The average molecular weight is 261 g/mol. The molecule has 0 radical (unpaired) electrons. The van der Waals surface area contributed by atoms with Gasteiger partial charge in [-0.15, -0.1) is 0 Å². The van der Waals surface area contributed by atoms with Crippen molar-refractivity contribution in [1.29, 1.82) is 0 Å². The Labute approximate surface area is 113 Å². The molecule has 3 heteroatoms. The van der Waals surface area contributed by atoms with Gasteiger partial charge in [-0.3, -0.25) is 4.98 Å². The monoisotopic (exact) mass is 260 g/mol. The van der Waals surface area contributed by atoms with E-state index in [2.05, 4.69) is 29.4 Å². The summed E-state index contributed by atoms with van der Waals surface area (Å²) in [6.45, 7) is 3.03. The van der Waals surface area contributed by atoms with Crippen LogP contribution in [0.2, 0.25) is 5.02 Å². The molecular formula is C15H17ClN2. The van der Waals surface area contributed by atoms with Crippen molar-refractivity contribution in [3.63, 3.8) is 0 Å². The second-order valence-electron chi connectivity index (χ2n) is 4.19. The van der Waals surface area contributed by atoms with E-state index in [1.165, 1.54) is 5.56 Å². The summed E-state index contributed by atoms with van der Waals surface area (Å²) in [4.78, 5) is 4.38. The third-order valence-corrected chi connectivity index (χ3v) is 3.08. The molecule has 0 spiro atoms. The summed E-state index contributed by atoms with van der Waals surface area (Å²) in [6, 6.07) is 14.3. The highest BCUT2D eigenvalue weighted by Gasteiger charge is 2.11.